The molecule has 2 aromatic rings. The van der Waals surface area contributed by atoms with Crippen LogP contribution in [-0.2, 0) is 4.74 Å². The zero-order valence-corrected chi connectivity index (χ0v) is 19.2. The largest absolute Gasteiger partial charge is 0.411 e. The molecule has 2 N–H and O–H groups in total. The summed E-state index contributed by atoms with van der Waals surface area (Å²) >= 11 is 1.27. The van der Waals surface area contributed by atoms with Crippen molar-refractivity contribution in [2.24, 2.45) is 4.99 Å². The molecule has 1 amide bonds. The molecular weight excluding hydrogens is 453 g/mol. The molecule has 0 saturated carbocycles. The smallest absolute Gasteiger partial charge is 0.361 e. The molecule has 33 heavy (non-hydrogen) atoms. The van der Waals surface area contributed by atoms with Gasteiger partial charge in [-0.2, -0.15) is 13.2 Å². The number of carbonyl (C=O) groups is 1. The van der Waals surface area contributed by atoms with Gasteiger partial charge >= 0.3 is 6.18 Å². The lowest BCUT2D eigenvalue weighted by Gasteiger charge is -2.19. The SMILES string of the molecule is C=NC1=C(SCOCC(F)(F)F)CCN(CCCCNC(=O)c2cc3ccccc3[nH]2)CC1. The Bertz CT molecular complexity index is 941. The molecule has 6 nitrogen and oxygen atoms in total. The van der Waals surface area contributed by atoms with Gasteiger partial charge in [0.15, 0.2) is 0 Å². The van der Waals surface area contributed by atoms with Gasteiger partial charge in [-0.1, -0.05) is 18.2 Å². The summed E-state index contributed by atoms with van der Waals surface area (Å²) in [5.74, 6) is -0.162. The fourth-order valence-corrected chi connectivity index (χ4v) is 4.57. The van der Waals surface area contributed by atoms with Gasteiger partial charge < -0.3 is 19.9 Å². The number of rotatable bonds is 11. The Morgan fingerprint density at radius 1 is 1.24 bits per heavy atom. The number of carbonyl (C=O) groups excluding carboxylic acids is 1. The average Bonchev–Trinajstić information content (AvgIpc) is 3.12. The first-order valence-electron chi connectivity index (χ1n) is 10.9. The number of unbranched alkanes of at least 4 members (excludes halogenated alkanes) is 1. The number of benzene rings is 1. The van der Waals surface area contributed by atoms with Gasteiger partial charge in [0.05, 0.1) is 11.6 Å². The maximum atomic E-state index is 12.3. The normalized spacial score (nSPS) is 15.6. The molecule has 1 aliphatic heterocycles. The second-order valence-electron chi connectivity index (χ2n) is 7.83. The highest BCUT2D eigenvalue weighted by atomic mass is 32.2. The highest BCUT2D eigenvalue weighted by Gasteiger charge is 2.27. The Kier molecular flexibility index (Phi) is 9.40. The summed E-state index contributed by atoms with van der Waals surface area (Å²) in [6.45, 7) is 5.47. The quantitative estimate of drug-likeness (QED) is 0.270. The first-order chi connectivity index (χ1) is 15.9. The number of aromatic nitrogens is 1. The molecule has 1 aromatic heterocycles. The first kappa shape index (κ1) is 25.3. The second kappa shape index (κ2) is 12.2. The molecule has 180 valence electrons. The van der Waals surface area contributed by atoms with Crippen LogP contribution in [0.4, 0.5) is 13.2 Å². The lowest BCUT2D eigenvalue weighted by molar-refractivity contribution is -0.168. The van der Waals surface area contributed by atoms with Crippen molar-refractivity contribution in [2.75, 3.05) is 38.7 Å². The van der Waals surface area contributed by atoms with Crippen molar-refractivity contribution < 1.29 is 22.7 Å². The maximum absolute atomic E-state index is 12.3. The van der Waals surface area contributed by atoms with E-state index in [4.69, 9.17) is 4.74 Å². The van der Waals surface area contributed by atoms with Crippen molar-refractivity contribution in [3.63, 3.8) is 0 Å². The Hall–Kier alpha value is -2.30. The number of alkyl halides is 3. The monoisotopic (exact) mass is 482 g/mol. The third-order valence-electron chi connectivity index (χ3n) is 5.38. The fourth-order valence-electron chi connectivity index (χ4n) is 3.69. The molecule has 0 spiro atoms. The van der Waals surface area contributed by atoms with E-state index >= 15 is 0 Å². The van der Waals surface area contributed by atoms with Gasteiger partial charge in [-0.05, 0) is 44.7 Å². The summed E-state index contributed by atoms with van der Waals surface area (Å²) < 4.78 is 41.4. The standard InChI is InChI=1S/C23H29F3N4O2S/c1-27-19-8-12-30(13-9-21(19)33-16-32-15-23(24,25)26)11-5-4-10-28-22(31)20-14-17-6-2-3-7-18(17)29-20/h2-3,6-7,14,29H,1,4-5,8-13,15-16H2,(H,28,31). The number of nitrogens with zero attached hydrogens (tertiary/aromatic N) is 2. The third kappa shape index (κ3) is 8.21. The zero-order valence-electron chi connectivity index (χ0n) is 18.4. The number of nitrogens with one attached hydrogen (secondary N) is 2. The number of thioether (sulfide) groups is 1. The van der Waals surface area contributed by atoms with Crippen LogP contribution in [0.1, 0.15) is 36.2 Å². The first-order valence-corrected chi connectivity index (χ1v) is 11.9. The minimum absolute atomic E-state index is 0.0517. The van der Waals surface area contributed by atoms with Crippen molar-refractivity contribution in [3.05, 3.63) is 46.6 Å². The average molecular weight is 483 g/mol. The molecule has 0 aliphatic carbocycles. The van der Waals surface area contributed by atoms with Crippen LogP contribution in [-0.4, -0.2) is 67.4 Å². The molecule has 0 unspecified atom stereocenters. The molecule has 0 atom stereocenters. The lowest BCUT2D eigenvalue weighted by atomic mass is 10.2. The van der Waals surface area contributed by atoms with Gasteiger partial charge in [0.25, 0.3) is 5.91 Å². The Morgan fingerprint density at radius 2 is 2.03 bits per heavy atom. The van der Waals surface area contributed by atoms with Crippen molar-refractivity contribution >= 4 is 35.3 Å². The van der Waals surface area contributed by atoms with Gasteiger partial charge in [-0.15, -0.1) is 11.8 Å². The van der Waals surface area contributed by atoms with Gasteiger partial charge in [0.2, 0.25) is 0 Å². The molecule has 0 radical (unpaired) electrons. The van der Waals surface area contributed by atoms with E-state index in [0.29, 0.717) is 25.1 Å². The molecule has 2 heterocycles. The zero-order chi connectivity index (χ0) is 23.7. The van der Waals surface area contributed by atoms with Crippen LogP contribution in [0.25, 0.3) is 10.9 Å². The molecule has 0 saturated heterocycles. The van der Waals surface area contributed by atoms with Gasteiger partial charge in [-0.25, -0.2) is 0 Å². The number of hydrogen-bond donors (Lipinski definition) is 2. The van der Waals surface area contributed by atoms with Crippen molar-refractivity contribution in [1.29, 1.82) is 0 Å². The maximum Gasteiger partial charge on any atom is 0.411 e. The summed E-state index contributed by atoms with van der Waals surface area (Å²) in [6.07, 6.45) is -1.10. The van der Waals surface area contributed by atoms with E-state index < -0.39 is 12.8 Å². The van der Waals surface area contributed by atoms with Crippen molar-refractivity contribution in [1.82, 2.24) is 15.2 Å². The number of aliphatic imine (C=N–C) groups is 1. The van der Waals surface area contributed by atoms with E-state index in [-0.39, 0.29) is 11.8 Å². The van der Waals surface area contributed by atoms with Crippen LogP contribution < -0.4 is 5.32 Å². The summed E-state index contributed by atoms with van der Waals surface area (Å²) in [5.41, 5.74) is 2.34. The predicted molar refractivity (Wildman–Crippen MR) is 127 cm³/mol. The van der Waals surface area contributed by atoms with Crippen LogP contribution in [0.15, 0.2) is 45.9 Å². The van der Waals surface area contributed by atoms with Crippen LogP contribution in [0.3, 0.4) is 0 Å². The van der Waals surface area contributed by atoms with E-state index in [9.17, 15) is 18.0 Å². The summed E-state index contributed by atoms with van der Waals surface area (Å²) in [7, 11) is 0. The minimum atomic E-state index is -4.32. The van der Waals surface area contributed by atoms with E-state index in [2.05, 4.69) is 26.9 Å². The van der Waals surface area contributed by atoms with E-state index in [1.54, 1.807) is 0 Å². The topological polar surface area (TPSA) is 69.7 Å². The highest BCUT2D eigenvalue weighted by molar-refractivity contribution is 8.02. The molecule has 0 fully saturated rings. The second-order valence-corrected chi connectivity index (χ2v) is 8.85. The molecule has 0 bridgehead atoms. The summed E-state index contributed by atoms with van der Waals surface area (Å²) in [4.78, 5) is 22.8. The van der Waals surface area contributed by atoms with Crippen LogP contribution in [0.5, 0.6) is 0 Å². The van der Waals surface area contributed by atoms with E-state index in [0.717, 1.165) is 54.0 Å². The summed E-state index contributed by atoms with van der Waals surface area (Å²) in [6, 6.07) is 9.62. The minimum Gasteiger partial charge on any atom is -0.361 e. The number of amides is 1. The van der Waals surface area contributed by atoms with Gasteiger partial charge in [0, 0.05) is 41.9 Å². The highest BCUT2D eigenvalue weighted by Crippen LogP contribution is 2.29. The molecule has 10 heteroatoms. The number of fused-ring (bicyclic) bond motifs is 1. The molecule has 1 aliphatic rings. The van der Waals surface area contributed by atoms with E-state index in [1.807, 2.05) is 30.3 Å². The Balaban J connectivity index is 1.34. The van der Waals surface area contributed by atoms with Crippen molar-refractivity contribution in [2.45, 2.75) is 31.9 Å². The van der Waals surface area contributed by atoms with Crippen LogP contribution >= 0.6 is 11.8 Å². The summed E-state index contributed by atoms with van der Waals surface area (Å²) in [5, 5.41) is 3.96. The number of para-hydroxylation sites is 1. The predicted octanol–water partition coefficient (Wildman–Crippen LogP) is 4.96. The van der Waals surface area contributed by atoms with Crippen LogP contribution in [0, 0.1) is 0 Å². The number of halogens is 3. The molecule has 1 aromatic carbocycles. The number of H-pyrrole nitrogens is 1. The van der Waals surface area contributed by atoms with Gasteiger partial charge in [0.1, 0.15) is 12.3 Å². The number of aromatic amines is 1. The molecular formula is C23H29F3N4O2S. The fraction of sp³-hybridized carbons (Fsp3) is 0.478. The van der Waals surface area contributed by atoms with E-state index in [1.165, 1.54) is 11.8 Å². The number of hydrogen-bond acceptors (Lipinski definition) is 5. The number of ether oxygens (including phenoxy) is 1. The van der Waals surface area contributed by atoms with Crippen LogP contribution in [0.2, 0.25) is 0 Å². The molecule has 3 rings (SSSR count). The Morgan fingerprint density at radius 3 is 2.79 bits per heavy atom. The third-order valence-corrected chi connectivity index (χ3v) is 6.45. The van der Waals surface area contributed by atoms with Crippen molar-refractivity contribution in [3.8, 4) is 0 Å². The Labute approximate surface area is 195 Å². The lowest BCUT2D eigenvalue weighted by Crippen LogP contribution is -2.28. The van der Waals surface area contributed by atoms with Gasteiger partial charge in [-0.3, -0.25) is 9.79 Å².